The lowest BCUT2D eigenvalue weighted by Crippen LogP contribution is -2.54. The Morgan fingerprint density at radius 3 is 2.83 bits per heavy atom. The molecule has 2 unspecified atom stereocenters. The molecular weight excluding hydrogens is 368 g/mol. The topological polar surface area (TPSA) is 96.1 Å². The number of aromatic nitrogens is 2. The monoisotopic (exact) mass is 394 g/mol. The summed E-state index contributed by atoms with van der Waals surface area (Å²) in [6, 6.07) is 7.85. The normalized spacial score (nSPS) is 27.2. The molecule has 1 aliphatic heterocycles. The second-order valence-corrected chi connectivity index (χ2v) is 8.63. The highest BCUT2D eigenvalue weighted by atomic mass is 16.5. The van der Waals surface area contributed by atoms with Gasteiger partial charge in [-0.2, -0.15) is 5.10 Å². The van der Waals surface area contributed by atoms with Crippen molar-refractivity contribution in [1.29, 1.82) is 0 Å². The number of H-pyrrole nitrogens is 1. The zero-order valence-electron chi connectivity index (χ0n) is 16.5. The van der Waals surface area contributed by atoms with Crippen LogP contribution in [0, 0.1) is 5.92 Å². The number of carbonyl (C=O) groups excluding carboxylic acids is 2. The van der Waals surface area contributed by atoms with Gasteiger partial charge in [0.1, 0.15) is 18.3 Å². The Kier molecular flexibility index (Phi) is 4.53. The first-order valence-electron chi connectivity index (χ1n) is 10.5. The van der Waals surface area contributed by atoms with E-state index in [2.05, 4.69) is 27.8 Å². The molecular formula is C22H26N4O3. The molecule has 1 aromatic heterocycles. The summed E-state index contributed by atoms with van der Waals surface area (Å²) in [4.78, 5) is 25.3. The van der Waals surface area contributed by atoms with Gasteiger partial charge in [0.15, 0.2) is 5.69 Å². The average molecular weight is 394 g/mol. The van der Waals surface area contributed by atoms with E-state index in [-0.39, 0.29) is 29.8 Å². The molecule has 2 aromatic rings. The van der Waals surface area contributed by atoms with Crippen molar-refractivity contribution in [2.75, 3.05) is 6.61 Å². The molecule has 3 aliphatic rings. The minimum absolute atomic E-state index is 0.0000787. The molecule has 0 bridgehead atoms. The molecule has 2 aliphatic carbocycles. The predicted octanol–water partition coefficient (Wildman–Crippen LogP) is 2.09. The SMILES string of the molecule is CC1CCc2[nH]nc(C(=O)NC3CC(NC(=O)C4COc5ccccc54)C3)c2C1. The maximum atomic E-state index is 12.7. The number of carbonyl (C=O) groups is 2. The Bertz CT molecular complexity index is 947. The van der Waals surface area contributed by atoms with Crippen LogP contribution >= 0.6 is 0 Å². The lowest BCUT2D eigenvalue weighted by molar-refractivity contribution is -0.124. The Labute approximate surface area is 169 Å². The third-order valence-corrected chi connectivity index (χ3v) is 6.44. The maximum absolute atomic E-state index is 12.7. The van der Waals surface area contributed by atoms with Crippen LogP contribution in [0.5, 0.6) is 5.75 Å². The fourth-order valence-corrected chi connectivity index (χ4v) is 4.65. The molecule has 7 heteroatoms. The summed E-state index contributed by atoms with van der Waals surface area (Å²) >= 11 is 0. The summed E-state index contributed by atoms with van der Waals surface area (Å²) in [6.07, 6.45) is 4.49. The first kappa shape index (κ1) is 18.2. The number of aryl methyl sites for hydroxylation is 1. The van der Waals surface area contributed by atoms with E-state index < -0.39 is 0 Å². The van der Waals surface area contributed by atoms with E-state index in [0.717, 1.165) is 54.7 Å². The number of nitrogens with zero attached hydrogens (tertiary/aromatic N) is 1. The van der Waals surface area contributed by atoms with Crippen molar-refractivity contribution >= 4 is 11.8 Å². The number of rotatable bonds is 4. The zero-order valence-corrected chi connectivity index (χ0v) is 16.5. The summed E-state index contributed by atoms with van der Waals surface area (Å²) < 4.78 is 5.61. The Morgan fingerprint density at radius 1 is 1.17 bits per heavy atom. The standard InChI is InChI=1S/C22H26N4O3/c1-12-6-7-18-16(8-12)20(26-25-18)22(28)24-14-9-13(10-14)23-21(27)17-11-29-19-5-3-2-4-15(17)19/h2-5,12-14,17H,6-11H2,1H3,(H,23,27)(H,24,28)(H,25,26). The molecule has 5 rings (SSSR count). The lowest BCUT2D eigenvalue weighted by atomic mass is 9.85. The van der Waals surface area contributed by atoms with E-state index in [0.29, 0.717) is 18.2 Å². The van der Waals surface area contributed by atoms with Gasteiger partial charge in [-0.3, -0.25) is 14.7 Å². The van der Waals surface area contributed by atoms with E-state index in [1.54, 1.807) is 0 Å². The molecule has 7 nitrogen and oxygen atoms in total. The van der Waals surface area contributed by atoms with Gasteiger partial charge in [-0.05, 0) is 44.1 Å². The molecule has 1 saturated carbocycles. The summed E-state index contributed by atoms with van der Waals surface area (Å²) in [5.74, 6) is 1.02. The number of hydrogen-bond donors (Lipinski definition) is 3. The molecule has 152 valence electrons. The van der Waals surface area contributed by atoms with Crippen LogP contribution in [0.4, 0.5) is 0 Å². The Hall–Kier alpha value is -2.83. The Morgan fingerprint density at radius 2 is 1.97 bits per heavy atom. The highest BCUT2D eigenvalue weighted by molar-refractivity contribution is 5.94. The van der Waals surface area contributed by atoms with Crippen LogP contribution in [0.2, 0.25) is 0 Å². The molecule has 0 spiro atoms. The van der Waals surface area contributed by atoms with Gasteiger partial charge in [-0.25, -0.2) is 0 Å². The fourth-order valence-electron chi connectivity index (χ4n) is 4.65. The first-order chi connectivity index (χ1) is 14.1. The summed E-state index contributed by atoms with van der Waals surface area (Å²) in [7, 11) is 0. The molecule has 1 aromatic carbocycles. The van der Waals surface area contributed by atoms with Crippen LogP contribution in [-0.4, -0.2) is 40.7 Å². The van der Waals surface area contributed by atoms with Gasteiger partial charge in [0, 0.05) is 28.9 Å². The van der Waals surface area contributed by atoms with Gasteiger partial charge in [0.05, 0.1) is 0 Å². The van der Waals surface area contributed by atoms with Crippen LogP contribution in [0.25, 0.3) is 0 Å². The second-order valence-electron chi connectivity index (χ2n) is 8.63. The van der Waals surface area contributed by atoms with Gasteiger partial charge in [0.2, 0.25) is 5.91 Å². The smallest absolute Gasteiger partial charge is 0.272 e. The fraction of sp³-hybridized carbons (Fsp3) is 0.500. The second kappa shape index (κ2) is 7.21. The van der Waals surface area contributed by atoms with Gasteiger partial charge < -0.3 is 15.4 Å². The molecule has 1 fully saturated rings. The van der Waals surface area contributed by atoms with E-state index >= 15 is 0 Å². The quantitative estimate of drug-likeness (QED) is 0.740. The molecule has 2 amide bonds. The number of nitrogens with one attached hydrogen (secondary N) is 3. The molecule has 0 saturated heterocycles. The number of aromatic amines is 1. The number of benzene rings is 1. The van der Waals surface area contributed by atoms with Gasteiger partial charge in [-0.1, -0.05) is 25.1 Å². The summed E-state index contributed by atoms with van der Waals surface area (Å²) in [6.45, 7) is 2.60. The average Bonchev–Trinajstić information content (AvgIpc) is 3.30. The first-order valence-corrected chi connectivity index (χ1v) is 10.5. The molecule has 29 heavy (non-hydrogen) atoms. The van der Waals surface area contributed by atoms with Crippen molar-refractivity contribution < 1.29 is 14.3 Å². The number of amides is 2. The zero-order chi connectivity index (χ0) is 20.0. The number of fused-ring (bicyclic) bond motifs is 2. The van der Waals surface area contributed by atoms with Crippen LogP contribution in [-0.2, 0) is 17.6 Å². The Balaban J connectivity index is 1.13. The minimum Gasteiger partial charge on any atom is -0.492 e. The summed E-state index contributed by atoms with van der Waals surface area (Å²) in [5, 5.41) is 13.5. The van der Waals surface area contributed by atoms with Crippen molar-refractivity contribution in [3.05, 3.63) is 46.8 Å². The van der Waals surface area contributed by atoms with Gasteiger partial charge in [-0.15, -0.1) is 0 Å². The third-order valence-electron chi connectivity index (χ3n) is 6.44. The largest absolute Gasteiger partial charge is 0.492 e. The highest BCUT2D eigenvalue weighted by Gasteiger charge is 2.36. The highest BCUT2D eigenvalue weighted by Crippen LogP contribution is 2.34. The lowest BCUT2D eigenvalue weighted by Gasteiger charge is -2.36. The summed E-state index contributed by atoms with van der Waals surface area (Å²) in [5.41, 5.74) is 3.67. The molecule has 2 atom stereocenters. The van der Waals surface area contributed by atoms with Crippen molar-refractivity contribution in [1.82, 2.24) is 20.8 Å². The molecule has 3 N–H and O–H groups in total. The van der Waals surface area contributed by atoms with E-state index in [4.69, 9.17) is 4.74 Å². The number of para-hydroxylation sites is 1. The van der Waals surface area contributed by atoms with Crippen LogP contribution < -0.4 is 15.4 Å². The molecule has 0 radical (unpaired) electrons. The van der Waals surface area contributed by atoms with Crippen molar-refractivity contribution in [3.63, 3.8) is 0 Å². The van der Waals surface area contributed by atoms with E-state index in [9.17, 15) is 9.59 Å². The third kappa shape index (κ3) is 3.39. The number of ether oxygens (including phenoxy) is 1. The van der Waals surface area contributed by atoms with Crippen molar-refractivity contribution in [2.24, 2.45) is 5.92 Å². The van der Waals surface area contributed by atoms with Gasteiger partial charge >= 0.3 is 0 Å². The van der Waals surface area contributed by atoms with E-state index in [1.807, 2.05) is 24.3 Å². The van der Waals surface area contributed by atoms with Crippen LogP contribution in [0.1, 0.15) is 59.4 Å². The van der Waals surface area contributed by atoms with Crippen LogP contribution in [0.15, 0.2) is 24.3 Å². The van der Waals surface area contributed by atoms with Crippen molar-refractivity contribution in [2.45, 2.75) is 57.0 Å². The minimum atomic E-state index is -0.252. The van der Waals surface area contributed by atoms with E-state index in [1.165, 1.54) is 0 Å². The van der Waals surface area contributed by atoms with Crippen LogP contribution in [0.3, 0.4) is 0 Å². The maximum Gasteiger partial charge on any atom is 0.272 e. The van der Waals surface area contributed by atoms with Gasteiger partial charge in [0.25, 0.3) is 5.91 Å². The van der Waals surface area contributed by atoms with Crippen molar-refractivity contribution in [3.8, 4) is 5.75 Å². The number of hydrogen-bond acceptors (Lipinski definition) is 4. The molecule has 2 heterocycles. The predicted molar refractivity (Wildman–Crippen MR) is 107 cm³/mol.